The van der Waals surface area contributed by atoms with E-state index in [2.05, 4.69) is 4.74 Å². The second kappa shape index (κ2) is 11.8. The zero-order valence-electron chi connectivity index (χ0n) is 21.3. The minimum atomic E-state index is -6.47. The van der Waals surface area contributed by atoms with E-state index in [-0.39, 0.29) is 30.3 Å². The summed E-state index contributed by atoms with van der Waals surface area (Å²) in [6, 6.07) is 3.51. The van der Waals surface area contributed by atoms with Gasteiger partial charge in [0, 0.05) is 35.5 Å². The first-order chi connectivity index (χ1) is 20.7. The molecule has 236 valence electrons. The Balaban J connectivity index is 2.06. The highest BCUT2D eigenvalue weighted by atomic mass is 19.4. The number of esters is 1. The van der Waals surface area contributed by atoms with Gasteiger partial charge < -0.3 is 10.1 Å². The molecule has 0 heterocycles. The number of nitrogens with zero attached hydrogens (tertiary/aromatic N) is 4. The number of alkyl halides is 6. The zero-order valence-corrected chi connectivity index (χ0v) is 21.3. The third kappa shape index (κ3) is 6.73. The van der Waals surface area contributed by atoms with Gasteiger partial charge in [-0.1, -0.05) is 12.1 Å². The van der Waals surface area contributed by atoms with Crippen LogP contribution in [0.2, 0.25) is 0 Å². The van der Waals surface area contributed by atoms with Crippen molar-refractivity contribution < 1.29 is 60.4 Å². The number of nitro groups is 4. The van der Waals surface area contributed by atoms with Crippen LogP contribution in [-0.2, 0) is 10.3 Å². The lowest BCUT2D eigenvalue weighted by molar-refractivity contribution is -0.394. The van der Waals surface area contributed by atoms with Crippen LogP contribution in [0.4, 0.5) is 54.8 Å². The van der Waals surface area contributed by atoms with Crippen LogP contribution in [0.25, 0.3) is 0 Å². The predicted molar refractivity (Wildman–Crippen MR) is 133 cm³/mol. The van der Waals surface area contributed by atoms with E-state index < -0.39 is 94.7 Å². The molecule has 22 heteroatoms. The highest BCUT2D eigenvalue weighted by Gasteiger charge is 2.75. The number of anilines is 1. The number of halogens is 6. The Kier molecular flexibility index (Phi) is 8.74. The number of benzene rings is 3. The first-order valence-corrected chi connectivity index (χ1v) is 11.3. The van der Waals surface area contributed by atoms with Crippen LogP contribution in [0, 0.1) is 40.5 Å². The van der Waals surface area contributed by atoms with E-state index in [1.807, 2.05) is 5.32 Å². The van der Waals surface area contributed by atoms with Crippen molar-refractivity contribution in [1.82, 2.24) is 0 Å². The SMILES string of the molecule is O=C(Nc1ccc(C(OC(=O)c2cc([N+](=O)[O-])cc([N+](=O)[O-])c2)(C(F)(F)F)C(F)(F)F)cc1)c1cc([N+](=O)[O-])cc([N+](=O)[O-])c1. The smallest absolute Gasteiger partial charge is 0.431 e. The molecule has 0 unspecified atom stereocenters. The van der Waals surface area contributed by atoms with Crippen LogP contribution in [0.5, 0.6) is 0 Å². The van der Waals surface area contributed by atoms with Crippen molar-refractivity contribution in [1.29, 1.82) is 0 Å². The number of ether oxygens (including phenoxy) is 1. The van der Waals surface area contributed by atoms with Crippen LogP contribution >= 0.6 is 0 Å². The maximum Gasteiger partial charge on any atom is 0.442 e. The fourth-order valence-electron chi connectivity index (χ4n) is 3.71. The monoisotopic (exact) mass is 647 g/mol. The summed E-state index contributed by atoms with van der Waals surface area (Å²) in [6.07, 6.45) is -12.9. The van der Waals surface area contributed by atoms with Crippen LogP contribution < -0.4 is 5.32 Å². The van der Waals surface area contributed by atoms with Crippen LogP contribution in [0.15, 0.2) is 60.7 Å². The van der Waals surface area contributed by atoms with Gasteiger partial charge in [0.1, 0.15) is 0 Å². The van der Waals surface area contributed by atoms with E-state index in [1.54, 1.807) is 0 Å². The maximum atomic E-state index is 14.2. The third-order valence-corrected chi connectivity index (χ3v) is 5.74. The second-order valence-electron chi connectivity index (χ2n) is 8.60. The van der Waals surface area contributed by atoms with E-state index in [1.165, 1.54) is 0 Å². The van der Waals surface area contributed by atoms with Crippen molar-refractivity contribution >= 4 is 40.3 Å². The van der Waals surface area contributed by atoms with Crippen molar-refractivity contribution in [2.75, 3.05) is 5.32 Å². The highest BCUT2D eigenvalue weighted by Crippen LogP contribution is 2.53. The van der Waals surface area contributed by atoms with Crippen LogP contribution in [-0.4, -0.2) is 43.9 Å². The van der Waals surface area contributed by atoms with Gasteiger partial charge in [0.25, 0.3) is 28.7 Å². The van der Waals surface area contributed by atoms with Crippen LogP contribution in [0.3, 0.4) is 0 Å². The van der Waals surface area contributed by atoms with Gasteiger partial charge in [-0.2, -0.15) is 26.3 Å². The molecule has 0 radical (unpaired) electrons. The molecular weight excluding hydrogens is 636 g/mol. The van der Waals surface area contributed by atoms with Crippen LogP contribution in [0.1, 0.15) is 26.3 Å². The summed E-state index contributed by atoms with van der Waals surface area (Å²) < 4.78 is 89.1. The second-order valence-corrected chi connectivity index (χ2v) is 8.60. The van der Waals surface area contributed by atoms with E-state index in [9.17, 15) is 76.4 Å². The number of hydrogen-bond acceptors (Lipinski definition) is 11. The average Bonchev–Trinajstić information content (AvgIpc) is 2.94. The summed E-state index contributed by atoms with van der Waals surface area (Å²) in [5, 5.41) is 46.1. The molecule has 0 bridgehead atoms. The number of amides is 1. The number of rotatable bonds is 9. The molecule has 0 aliphatic heterocycles. The van der Waals surface area contributed by atoms with Crippen molar-refractivity contribution in [3.05, 3.63) is 118 Å². The summed E-state index contributed by atoms with van der Waals surface area (Å²) >= 11 is 0. The number of nitro benzene ring substituents is 4. The van der Waals surface area contributed by atoms with Crippen molar-refractivity contribution in [2.45, 2.75) is 18.0 Å². The maximum absolute atomic E-state index is 14.2. The molecule has 0 saturated heterocycles. The van der Waals surface area contributed by atoms with Crippen molar-refractivity contribution in [3.63, 3.8) is 0 Å². The van der Waals surface area contributed by atoms with Gasteiger partial charge >= 0.3 is 23.9 Å². The molecule has 1 N–H and O–H groups in total. The Bertz CT molecular complexity index is 1660. The molecule has 1 amide bonds. The minimum absolute atomic E-state index is 0.121. The number of hydrogen-bond donors (Lipinski definition) is 1. The fraction of sp³-hybridized carbons (Fsp3) is 0.130. The van der Waals surface area contributed by atoms with E-state index in [0.717, 1.165) is 0 Å². The summed E-state index contributed by atoms with van der Waals surface area (Å²) in [7, 11) is 0. The van der Waals surface area contributed by atoms with E-state index in [4.69, 9.17) is 0 Å². The molecular formula is C23H11F6N5O11. The molecule has 3 aromatic carbocycles. The molecule has 0 spiro atoms. The van der Waals surface area contributed by atoms with Gasteiger partial charge in [-0.15, -0.1) is 0 Å². The molecule has 0 aliphatic carbocycles. The molecule has 16 nitrogen and oxygen atoms in total. The zero-order chi connectivity index (χ0) is 34.1. The van der Waals surface area contributed by atoms with Gasteiger partial charge in [-0.25, -0.2) is 4.79 Å². The normalized spacial score (nSPS) is 11.8. The Hall–Kier alpha value is -6.22. The quantitative estimate of drug-likeness (QED) is 0.127. The third-order valence-electron chi connectivity index (χ3n) is 5.74. The first-order valence-electron chi connectivity index (χ1n) is 11.3. The summed E-state index contributed by atoms with van der Waals surface area (Å²) in [5.74, 6) is -3.78. The molecule has 0 aliphatic rings. The Labute approximate surface area is 242 Å². The Morgan fingerprint density at radius 3 is 1.29 bits per heavy atom. The standard InChI is InChI=1S/C23H11F6N5O11/c24-22(25,26)21(23(27,28)29,45-20(36)12-7-17(33(41)42)10-18(8-12)34(43)44)13-1-3-14(4-2-13)30-19(35)11-5-15(31(37)38)9-16(6-11)32(39)40/h1-10H,(H,30,35). The molecule has 3 aromatic rings. The summed E-state index contributed by atoms with van der Waals surface area (Å²) in [6.45, 7) is 0. The van der Waals surface area contributed by atoms with Gasteiger partial charge in [0.05, 0.1) is 43.0 Å². The largest absolute Gasteiger partial charge is 0.442 e. The molecule has 0 atom stereocenters. The van der Waals surface area contributed by atoms with Gasteiger partial charge in [-0.05, 0) is 12.1 Å². The fourth-order valence-corrected chi connectivity index (χ4v) is 3.71. The number of non-ortho nitro benzene ring substituents is 4. The molecule has 3 rings (SSSR count). The predicted octanol–water partition coefficient (Wildman–Crippen LogP) is 5.75. The molecule has 45 heavy (non-hydrogen) atoms. The van der Waals surface area contributed by atoms with Gasteiger partial charge in [-0.3, -0.25) is 45.3 Å². The lowest BCUT2D eigenvalue weighted by Gasteiger charge is -2.36. The lowest BCUT2D eigenvalue weighted by Crippen LogP contribution is -2.56. The molecule has 0 aromatic heterocycles. The Morgan fingerprint density at radius 1 is 0.600 bits per heavy atom. The Morgan fingerprint density at radius 2 is 0.956 bits per heavy atom. The summed E-state index contributed by atoms with van der Waals surface area (Å²) in [4.78, 5) is 64.5. The van der Waals surface area contributed by atoms with E-state index in [0.29, 0.717) is 30.3 Å². The average molecular weight is 647 g/mol. The minimum Gasteiger partial charge on any atom is -0.431 e. The highest BCUT2D eigenvalue weighted by molar-refractivity contribution is 6.05. The number of carbonyl (C=O) groups is 2. The van der Waals surface area contributed by atoms with Crippen molar-refractivity contribution in [2.24, 2.45) is 0 Å². The van der Waals surface area contributed by atoms with E-state index >= 15 is 0 Å². The summed E-state index contributed by atoms with van der Waals surface area (Å²) in [5.41, 5.74) is -14.1. The lowest BCUT2D eigenvalue weighted by atomic mass is 9.91. The first kappa shape index (κ1) is 33.3. The van der Waals surface area contributed by atoms with Gasteiger partial charge in [0.2, 0.25) is 0 Å². The molecule has 0 fully saturated rings. The number of carbonyl (C=O) groups excluding carboxylic acids is 2. The number of nitrogens with one attached hydrogen (secondary N) is 1. The van der Waals surface area contributed by atoms with Crippen molar-refractivity contribution in [3.8, 4) is 0 Å². The topological polar surface area (TPSA) is 228 Å². The molecule has 0 saturated carbocycles. The van der Waals surface area contributed by atoms with Gasteiger partial charge in [0.15, 0.2) is 0 Å².